The van der Waals surface area contributed by atoms with E-state index in [0.29, 0.717) is 6.42 Å². The van der Waals surface area contributed by atoms with Gasteiger partial charge in [0.2, 0.25) is 0 Å². The summed E-state index contributed by atoms with van der Waals surface area (Å²) in [7, 11) is 4.07. The summed E-state index contributed by atoms with van der Waals surface area (Å²) in [5.41, 5.74) is 0. The molecule has 0 amide bonds. The first-order valence-corrected chi connectivity index (χ1v) is 21.8. The maximum Gasteiger partial charge on any atom is 0.306 e. The number of ether oxygens (including phenoxy) is 3. The summed E-state index contributed by atoms with van der Waals surface area (Å²) in [5.74, 6) is -0.522. The highest BCUT2D eigenvalue weighted by atomic mass is 16.8. The normalized spacial score (nSPS) is 20.3. The van der Waals surface area contributed by atoms with Crippen molar-refractivity contribution in [3.8, 4) is 0 Å². The summed E-state index contributed by atoms with van der Waals surface area (Å²) >= 11 is 0. The van der Waals surface area contributed by atoms with E-state index in [1.807, 2.05) is 14.1 Å². The maximum atomic E-state index is 12.4. The van der Waals surface area contributed by atoms with E-state index in [4.69, 9.17) is 14.2 Å². The molecule has 0 aromatic heterocycles. The van der Waals surface area contributed by atoms with Crippen LogP contribution in [0.1, 0.15) is 194 Å². The number of carbonyl (C=O) groups excluding carboxylic acids is 1. The van der Waals surface area contributed by atoms with Gasteiger partial charge in [0.1, 0.15) is 6.10 Å². The fraction of sp³-hybridized carbons (Fsp3) is 0.804. The molecule has 5 nitrogen and oxygen atoms in total. The molecule has 0 spiro atoms. The zero-order chi connectivity index (χ0) is 36.7. The van der Waals surface area contributed by atoms with Gasteiger partial charge in [-0.1, -0.05) is 140 Å². The van der Waals surface area contributed by atoms with Crippen LogP contribution in [0.3, 0.4) is 0 Å². The first-order valence-electron chi connectivity index (χ1n) is 21.8. The van der Waals surface area contributed by atoms with Crippen molar-refractivity contribution in [2.75, 3.05) is 20.6 Å². The first-order chi connectivity index (χ1) is 25.0. The molecule has 3 atom stereocenters. The monoisotopic (exact) mass is 712 g/mol. The summed E-state index contributed by atoms with van der Waals surface area (Å²) in [6, 6.07) is 0. The molecule has 0 N–H and O–H groups in total. The van der Waals surface area contributed by atoms with Gasteiger partial charge in [-0.3, -0.25) is 4.79 Å². The van der Waals surface area contributed by atoms with Crippen molar-refractivity contribution in [2.45, 2.75) is 218 Å². The Balaban J connectivity index is 1.66. The lowest BCUT2D eigenvalue weighted by Crippen LogP contribution is -2.33. The minimum atomic E-state index is -0.443. The molecule has 1 saturated heterocycles. The number of unbranched alkanes of at least 4 members (excludes halogenated alkanes) is 16. The summed E-state index contributed by atoms with van der Waals surface area (Å²) in [6.07, 6.45) is 51.0. The van der Waals surface area contributed by atoms with Gasteiger partial charge in [0, 0.05) is 32.1 Å². The van der Waals surface area contributed by atoms with E-state index in [1.54, 1.807) is 0 Å². The van der Waals surface area contributed by atoms with Gasteiger partial charge in [0.25, 0.3) is 0 Å². The van der Waals surface area contributed by atoms with Crippen LogP contribution in [-0.2, 0) is 19.0 Å². The van der Waals surface area contributed by atoms with E-state index < -0.39 is 5.79 Å². The van der Waals surface area contributed by atoms with Crippen molar-refractivity contribution < 1.29 is 19.0 Å². The molecular weight excluding hydrogens is 631 g/mol. The smallest absolute Gasteiger partial charge is 0.306 e. The highest BCUT2D eigenvalue weighted by molar-refractivity contribution is 5.69. The van der Waals surface area contributed by atoms with E-state index in [0.717, 1.165) is 64.3 Å². The Kier molecular flexibility index (Phi) is 27.4. The third-order valence-corrected chi connectivity index (χ3v) is 10.4. The molecule has 1 aliphatic carbocycles. The van der Waals surface area contributed by atoms with Crippen LogP contribution in [-0.4, -0.2) is 55.6 Å². The van der Waals surface area contributed by atoms with Gasteiger partial charge in [-0.2, -0.15) is 0 Å². The Morgan fingerprint density at radius 1 is 0.588 bits per heavy atom. The predicted octanol–water partition coefficient (Wildman–Crippen LogP) is 13.1. The minimum absolute atomic E-state index is 0.0596. The van der Waals surface area contributed by atoms with Crippen LogP contribution in [0.5, 0.6) is 0 Å². The molecule has 0 aromatic carbocycles. The van der Waals surface area contributed by atoms with E-state index in [2.05, 4.69) is 67.4 Å². The third-order valence-electron chi connectivity index (χ3n) is 10.4. The second-order valence-electron chi connectivity index (χ2n) is 15.7. The summed E-state index contributed by atoms with van der Waals surface area (Å²) in [4.78, 5) is 14.5. The van der Waals surface area contributed by atoms with Crippen LogP contribution < -0.4 is 0 Å². The molecule has 2 fully saturated rings. The van der Waals surface area contributed by atoms with Gasteiger partial charge in [-0.25, -0.2) is 0 Å². The number of hydrogen-bond donors (Lipinski definition) is 0. The van der Waals surface area contributed by atoms with Crippen LogP contribution >= 0.6 is 0 Å². The Morgan fingerprint density at radius 2 is 1.00 bits per heavy atom. The van der Waals surface area contributed by atoms with Gasteiger partial charge in [-0.15, -0.1) is 0 Å². The average molecular weight is 712 g/mol. The second-order valence-corrected chi connectivity index (χ2v) is 15.7. The maximum absolute atomic E-state index is 12.4. The largest absolute Gasteiger partial charge is 0.462 e. The minimum Gasteiger partial charge on any atom is -0.462 e. The fourth-order valence-electron chi connectivity index (χ4n) is 7.37. The molecule has 5 heteroatoms. The number of fused-ring (bicyclic) bond motifs is 1. The van der Waals surface area contributed by atoms with Gasteiger partial charge >= 0.3 is 5.97 Å². The molecular formula is C46H81NO4. The number of rotatable bonds is 33. The van der Waals surface area contributed by atoms with Crippen LogP contribution in [0, 0.1) is 0 Å². The van der Waals surface area contributed by atoms with Crippen LogP contribution in [0.25, 0.3) is 0 Å². The topological polar surface area (TPSA) is 48.0 Å². The number of allylic oxidation sites excluding steroid dienone is 8. The summed E-state index contributed by atoms with van der Waals surface area (Å²) in [5, 5.41) is 0. The Bertz CT molecular complexity index is 891. The zero-order valence-corrected chi connectivity index (χ0v) is 33.9. The Labute approximate surface area is 316 Å². The molecule has 1 saturated carbocycles. The van der Waals surface area contributed by atoms with Gasteiger partial charge < -0.3 is 19.1 Å². The van der Waals surface area contributed by atoms with Gasteiger partial charge in [0.15, 0.2) is 5.79 Å². The van der Waals surface area contributed by atoms with Gasteiger partial charge in [-0.05, 0) is 91.3 Å². The molecule has 1 heterocycles. The van der Waals surface area contributed by atoms with Crippen molar-refractivity contribution in [2.24, 2.45) is 0 Å². The Hall–Kier alpha value is -1.69. The second kappa shape index (κ2) is 30.7. The molecule has 0 unspecified atom stereocenters. The number of nitrogens with zero attached hydrogens (tertiary/aromatic N) is 1. The first kappa shape index (κ1) is 45.5. The molecule has 0 aromatic rings. The molecule has 0 radical (unpaired) electrons. The van der Waals surface area contributed by atoms with E-state index in [9.17, 15) is 4.79 Å². The SMILES string of the molecule is CCCC/C=C\C/C=C\CCCCCCCCC1(CCCCCCCC/C=C\C/C=C\CCCC)O[C@H]2C[C@@H](OC(=O)CCCN(C)C)C[C@H]2O1. The quantitative estimate of drug-likeness (QED) is 0.0385. The van der Waals surface area contributed by atoms with Gasteiger partial charge in [0.05, 0.1) is 12.2 Å². The van der Waals surface area contributed by atoms with Crippen molar-refractivity contribution in [3.05, 3.63) is 48.6 Å². The van der Waals surface area contributed by atoms with E-state index >= 15 is 0 Å². The standard InChI is InChI=1S/C46H81NO4/c1-5-7-9-11-13-15-17-19-21-23-25-27-29-31-33-37-46(38-34-32-30-28-26-24-22-20-18-16-14-12-10-8-6-2)50-43-40-42(41-44(43)51-46)49-45(48)36-35-39-47(3)4/h11-14,17-20,42-44H,5-10,15-16,21-41H2,1-4H3/b13-11-,14-12-,19-17-,20-18-/t42-,43+,44-. The van der Waals surface area contributed by atoms with E-state index in [-0.39, 0.29) is 24.3 Å². The van der Waals surface area contributed by atoms with E-state index in [1.165, 1.54) is 116 Å². The average Bonchev–Trinajstić information content (AvgIpc) is 3.63. The van der Waals surface area contributed by atoms with Crippen LogP contribution in [0.15, 0.2) is 48.6 Å². The molecule has 1 aliphatic heterocycles. The highest BCUT2D eigenvalue weighted by Crippen LogP contribution is 2.44. The number of esters is 1. The predicted molar refractivity (Wildman–Crippen MR) is 218 cm³/mol. The molecule has 2 aliphatic rings. The molecule has 0 bridgehead atoms. The van der Waals surface area contributed by atoms with Crippen molar-refractivity contribution in [3.63, 3.8) is 0 Å². The highest BCUT2D eigenvalue weighted by Gasteiger charge is 2.52. The lowest BCUT2D eigenvalue weighted by atomic mass is 9.98. The number of carbonyl (C=O) groups is 1. The molecule has 51 heavy (non-hydrogen) atoms. The lowest BCUT2D eigenvalue weighted by Gasteiger charge is -2.30. The summed E-state index contributed by atoms with van der Waals surface area (Å²) < 4.78 is 19.4. The lowest BCUT2D eigenvalue weighted by molar-refractivity contribution is -0.196. The summed E-state index contributed by atoms with van der Waals surface area (Å²) in [6.45, 7) is 5.40. The third kappa shape index (κ3) is 23.6. The zero-order valence-electron chi connectivity index (χ0n) is 33.9. The van der Waals surface area contributed by atoms with Crippen LogP contribution in [0.4, 0.5) is 0 Å². The van der Waals surface area contributed by atoms with Crippen molar-refractivity contribution in [1.29, 1.82) is 0 Å². The van der Waals surface area contributed by atoms with Crippen LogP contribution in [0.2, 0.25) is 0 Å². The Morgan fingerprint density at radius 3 is 1.43 bits per heavy atom. The fourth-order valence-corrected chi connectivity index (χ4v) is 7.37. The van der Waals surface area contributed by atoms with Crippen molar-refractivity contribution in [1.82, 2.24) is 4.90 Å². The molecule has 2 rings (SSSR count). The number of hydrogen-bond acceptors (Lipinski definition) is 5. The van der Waals surface area contributed by atoms with Crippen molar-refractivity contribution >= 4 is 5.97 Å². The molecule has 294 valence electrons.